The fourth-order valence-corrected chi connectivity index (χ4v) is 2.90. The summed E-state index contributed by atoms with van der Waals surface area (Å²) in [6.45, 7) is 8.42. The van der Waals surface area contributed by atoms with Gasteiger partial charge in [-0.25, -0.2) is 0 Å². The molecule has 2 rings (SSSR count). The van der Waals surface area contributed by atoms with Gasteiger partial charge >= 0.3 is 0 Å². The third-order valence-corrected chi connectivity index (χ3v) is 3.90. The first-order valence-electron chi connectivity index (χ1n) is 6.23. The smallest absolute Gasteiger partial charge is 0.0167 e. The summed E-state index contributed by atoms with van der Waals surface area (Å²) in [5.74, 6) is 0.978. The SMILES string of the molecule is CC1CCC(N2CCNC(C)C2)CC1. The van der Waals surface area contributed by atoms with Crippen LogP contribution in [0.4, 0.5) is 0 Å². The van der Waals surface area contributed by atoms with Crippen LogP contribution < -0.4 is 5.32 Å². The number of hydrogen-bond donors (Lipinski definition) is 1. The maximum atomic E-state index is 3.52. The van der Waals surface area contributed by atoms with E-state index in [4.69, 9.17) is 0 Å². The Kier molecular flexibility index (Phi) is 3.45. The van der Waals surface area contributed by atoms with Gasteiger partial charge in [0.15, 0.2) is 0 Å². The second-order valence-electron chi connectivity index (χ2n) is 5.26. The van der Waals surface area contributed by atoms with Gasteiger partial charge in [0.1, 0.15) is 0 Å². The molecule has 1 saturated carbocycles. The van der Waals surface area contributed by atoms with Crippen LogP contribution in [-0.2, 0) is 0 Å². The number of nitrogens with zero attached hydrogens (tertiary/aromatic N) is 1. The summed E-state index contributed by atoms with van der Waals surface area (Å²) in [6.07, 6.45) is 5.77. The van der Waals surface area contributed by atoms with Crippen molar-refractivity contribution in [2.75, 3.05) is 19.6 Å². The van der Waals surface area contributed by atoms with Crippen LogP contribution >= 0.6 is 0 Å². The van der Waals surface area contributed by atoms with Crippen LogP contribution in [0, 0.1) is 5.92 Å². The van der Waals surface area contributed by atoms with Gasteiger partial charge in [0.25, 0.3) is 0 Å². The highest BCUT2D eigenvalue weighted by atomic mass is 15.2. The molecule has 0 spiro atoms. The second-order valence-corrected chi connectivity index (χ2v) is 5.26. The van der Waals surface area contributed by atoms with Crippen molar-refractivity contribution in [3.8, 4) is 0 Å². The molecule has 0 aromatic heterocycles. The van der Waals surface area contributed by atoms with Gasteiger partial charge in [0, 0.05) is 31.7 Å². The van der Waals surface area contributed by atoms with E-state index in [0.29, 0.717) is 6.04 Å². The Bertz CT molecular complexity index is 173. The molecule has 0 radical (unpaired) electrons. The molecule has 1 heterocycles. The van der Waals surface area contributed by atoms with Gasteiger partial charge in [-0.2, -0.15) is 0 Å². The lowest BCUT2D eigenvalue weighted by molar-refractivity contribution is 0.108. The van der Waals surface area contributed by atoms with Crippen LogP contribution in [0.3, 0.4) is 0 Å². The molecule has 0 amide bonds. The van der Waals surface area contributed by atoms with E-state index >= 15 is 0 Å². The number of piperazine rings is 1. The van der Waals surface area contributed by atoms with E-state index in [0.717, 1.165) is 12.0 Å². The molecule has 0 bridgehead atoms. The summed E-state index contributed by atoms with van der Waals surface area (Å²) in [5.41, 5.74) is 0. The molecule has 2 heteroatoms. The molecule has 82 valence electrons. The highest BCUT2D eigenvalue weighted by molar-refractivity contribution is 4.83. The van der Waals surface area contributed by atoms with Gasteiger partial charge in [-0.1, -0.05) is 6.92 Å². The normalized spacial score (nSPS) is 41.1. The topological polar surface area (TPSA) is 15.3 Å². The van der Waals surface area contributed by atoms with Crippen molar-refractivity contribution in [2.45, 2.75) is 51.6 Å². The third kappa shape index (κ3) is 2.48. The van der Waals surface area contributed by atoms with Crippen molar-refractivity contribution in [3.05, 3.63) is 0 Å². The number of hydrogen-bond acceptors (Lipinski definition) is 2. The first kappa shape index (κ1) is 10.4. The van der Waals surface area contributed by atoms with Gasteiger partial charge in [-0.15, -0.1) is 0 Å². The van der Waals surface area contributed by atoms with Crippen LogP contribution in [0.15, 0.2) is 0 Å². The molecule has 1 unspecified atom stereocenters. The zero-order valence-corrected chi connectivity index (χ0v) is 9.63. The van der Waals surface area contributed by atoms with Gasteiger partial charge < -0.3 is 5.32 Å². The van der Waals surface area contributed by atoms with Crippen molar-refractivity contribution in [2.24, 2.45) is 5.92 Å². The summed E-state index contributed by atoms with van der Waals surface area (Å²) >= 11 is 0. The Morgan fingerprint density at radius 1 is 1.07 bits per heavy atom. The molecule has 0 aromatic carbocycles. The quantitative estimate of drug-likeness (QED) is 0.688. The van der Waals surface area contributed by atoms with Crippen molar-refractivity contribution in [1.82, 2.24) is 10.2 Å². The van der Waals surface area contributed by atoms with Gasteiger partial charge in [0.05, 0.1) is 0 Å². The van der Waals surface area contributed by atoms with Gasteiger partial charge in [-0.3, -0.25) is 4.90 Å². The standard InChI is InChI=1S/C12H24N2/c1-10-3-5-12(6-4-10)14-8-7-13-11(2)9-14/h10-13H,3-9H2,1-2H3. The average molecular weight is 196 g/mol. The molecule has 14 heavy (non-hydrogen) atoms. The fourth-order valence-electron chi connectivity index (χ4n) is 2.90. The predicted octanol–water partition coefficient (Wildman–Crippen LogP) is 1.86. The largest absolute Gasteiger partial charge is 0.312 e. The molecule has 1 N–H and O–H groups in total. The minimum atomic E-state index is 0.697. The van der Waals surface area contributed by atoms with Crippen LogP contribution in [0.2, 0.25) is 0 Å². The summed E-state index contributed by atoms with van der Waals surface area (Å²) in [6, 6.07) is 1.60. The molecule has 2 fully saturated rings. The first-order valence-corrected chi connectivity index (χ1v) is 6.23. The van der Waals surface area contributed by atoms with Crippen molar-refractivity contribution in [3.63, 3.8) is 0 Å². The second kappa shape index (κ2) is 4.63. The highest BCUT2D eigenvalue weighted by Crippen LogP contribution is 2.27. The summed E-state index contributed by atoms with van der Waals surface area (Å²) in [5, 5.41) is 3.52. The van der Waals surface area contributed by atoms with E-state index < -0.39 is 0 Å². The third-order valence-electron chi connectivity index (χ3n) is 3.90. The maximum absolute atomic E-state index is 3.52. The number of nitrogens with one attached hydrogen (secondary N) is 1. The minimum absolute atomic E-state index is 0.697. The Morgan fingerprint density at radius 3 is 2.43 bits per heavy atom. The maximum Gasteiger partial charge on any atom is 0.0167 e. The Labute approximate surface area is 88.1 Å². The number of rotatable bonds is 1. The van der Waals surface area contributed by atoms with E-state index in [-0.39, 0.29) is 0 Å². The molecule has 2 aliphatic rings. The Hall–Kier alpha value is -0.0800. The average Bonchev–Trinajstić information content (AvgIpc) is 2.19. The molecule has 2 nitrogen and oxygen atoms in total. The predicted molar refractivity (Wildman–Crippen MR) is 60.5 cm³/mol. The van der Waals surface area contributed by atoms with E-state index in [9.17, 15) is 0 Å². The molecule has 0 aromatic rings. The minimum Gasteiger partial charge on any atom is -0.312 e. The summed E-state index contributed by atoms with van der Waals surface area (Å²) in [4.78, 5) is 2.72. The lowest BCUT2D eigenvalue weighted by Gasteiger charge is -2.40. The Morgan fingerprint density at radius 2 is 1.79 bits per heavy atom. The van der Waals surface area contributed by atoms with E-state index in [1.165, 1.54) is 45.3 Å². The molecule has 1 aliphatic heterocycles. The van der Waals surface area contributed by atoms with E-state index in [1.54, 1.807) is 0 Å². The lowest BCUT2D eigenvalue weighted by Crippen LogP contribution is -2.53. The molecular weight excluding hydrogens is 172 g/mol. The summed E-state index contributed by atoms with van der Waals surface area (Å²) < 4.78 is 0. The van der Waals surface area contributed by atoms with Crippen LogP contribution in [0.25, 0.3) is 0 Å². The zero-order valence-electron chi connectivity index (χ0n) is 9.63. The molecular formula is C12H24N2. The molecule has 1 saturated heterocycles. The zero-order chi connectivity index (χ0) is 9.97. The molecule has 1 aliphatic carbocycles. The Balaban J connectivity index is 1.82. The van der Waals surface area contributed by atoms with E-state index in [2.05, 4.69) is 24.1 Å². The lowest BCUT2D eigenvalue weighted by atomic mass is 9.86. The van der Waals surface area contributed by atoms with Gasteiger partial charge in [-0.05, 0) is 38.5 Å². The fraction of sp³-hybridized carbons (Fsp3) is 1.00. The van der Waals surface area contributed by atoms with E-state index in [1.807, 2.05) is 0 Å². The van der Waals surface area contributed by atoms with Crippen molar-refractivity contribution < 1.29 is 0 Å². The highest BCUT2D eigenvalue weighted by Gasteiger charge is 2.26. The van der Waals surface area contributed by atoms with Crippen LogP contribution in [0.1, 0.15) is 39.5 Å². The van der Waals surface area contributed by atoms with Crippen LogP contribution in [-0.4, -0.2) is 36.6 Å². The summed E-state index contributed by atoms with van der Waals surface area (Å²) in [7, 11) is 0. The van der Waals surface area contributed by atoms with Gasteiger partial charge in [0.2, 0.25) is 0 Å². The monoisotopic (exact) mass is 196 g/mol. The van der Waals surface area contributed by atoms with Crippen molar-refractivity contribution in [1.29, 1.82) is 0 Å². The van der Waals surface area contributed by atoms with Crippen LogP contribution in [0.5, 0.6) is 0 Å². The first-order chi connectivity index (χ1) is 6.75. The molecule has 1 atom stereocenters. The van der Waals surface area contributed by atoms with Crippen molar-refractivity contribution >= 4 is 0 Å².